The highest BCUT2D eigenvalue weighted by Crippen LogP contribution is 2.28. The van der Waals surface area contributed by atoms with Crippen LogP contribution in [0.25, 0.3) is 0 Å². The van der Waals surface area contributed by atoms with Crippen LogP contribution in [0.4, 0.5) is 5.69 Å². The van der Waals surface area contributed by atoms with E-state index in [4.69, 9.17) is 4.74 Å². The van der Waals surface area contributed by atoms with Gasteiger partial charge in [0.2, 0.25) is 12.3 Å². The van der Waals surface area contributed by atoms with E-state index in [1.807, 2.05) is 59.5 Å². The molecule has 2 aromatic rings. The van der Waals surface area contributed by atoms with Gasteiger partial charge in [-0.3, -0.25) is 9.59 Å². The van der Waals surface area contributed by atoms with Gasteiger partial charge in [-0.05, 0) is 24.3 Å². The van der Waals surface area contributed by atoms with Crippen molar-refractivity contribution in [1.82, 2.24) is 9.80 Å². The number of carbonyl (C=O) groups excluding carboxylic acids is 2. The van der Waals surface area contributed by atoms with Crippen LogP contribution in [0.1, 0.15) is 6.42 Å². The van der Waals surface area contributed by atoms with Crippen molar-refractivity contribution in [2.24, 2.45) is 0 Å². The minimum absolute atomic E-state index is 0.101. The van der Waals surface area contributed by atoms with Crippen molar-refractivity contribution < 1.29 is 14.3 Å². The Morgan fingerprint density at radius 2 is 1.69 bits per heavy atom. The van der Waals surface area contributed by atoms with E-state index in [2.05, 4.69) is 5.32 Å². The van der Waals surface area contributed by atoms with E-state index < -0.39 is 0 Å². The third-order valence-corrected chi connectivity index (χ3v) is 4.33. The van der Waals surface area contributed by atoms with Crippen LogP contribution in [0.3, 0.4) is 0 Å². The van der Waals surface area contributed by atoms with Crippen LogP contribution in [0.5, 0.6) is 11.5 Å². The summed E-state index contributed by atoms with van der Waals surface area (Å²) in [6.07, 6.45) is 1.24. The number of carbonyl (C=O) groups is 2. The third kappa shape index (κ3) is 4.75. The molecule has 6 heteroatoms. The quantitative estimate of drug-likeness (QED) is 0.777. The summed E-state index contributed by atoms with van der Waals surface area (Å²) in [6, 6.07) is 17.3. The Hall–Kier alpha value is -3.02. The molecule has 26 heavy (non-hydrogen) atoms. The van der Waals surface area contributed by atoms with Crippen molar-refractivity contribution in [2.45, 2.75) is 6.42 Å². The van der Waals surface area contributed by atoms with Crippen molar-refractivity contribution in [3.8, 4) is 11.5 Å². The van der Waals surface area contributed by atoms with Crippen LogP contribution < -0.4 is 10.1 Å². The largest absolute Gasteiger partial charge is 0.455 e. The van der Waals surface area contributed by atoms with E-state index in [9.17, 15) is 9.59 Å². The van der Waals surface area contributed by atoms with E-state index in [1.165, 1.54) is 0 Å². The maximum atomic E-state index is 12.3. The van der Waals surface area contributed by atoms with Gasteiger partial charge in [0.05, 0.1) is 5.69 Å². The molecule has 136 valence electrons. The van der Waals surface area contributed by atoms with Gasteiger partial charge in [-0.15, -0.1) is 0 Å². The lowest BCUT2D eigenvalue weighted by atomic mass is 10.2. The van der Waals surface area contributed by atoms with E-state index in [0.29, 0.717) is 39.1 Å². The molecule has 1 aliphatic rings. The highest BCUT2D eigenvalue weighted by molar-refractivity contribution is 5.77. The Morgan fingerprint density at radius 1 is 1.00 bits per heavy atom. The lowest BCUT2D eigenvalue weighted by Crippen LogP contribution is -2.48. The van der Waals surface area contributed by atoms with Gasteiger partial charge in [-0.2, -0.15) is 0 Å². The Labute approximate surface area is 153 Å². The number of hydrogen-bond acceptors (Lipinski definition) is 4. The first-order chi connectivity index (χ1) is 12.8. The average Bonchev–Trinajstić information content (AvgIpc) is 2.70. The van der Waals surface area contributed by atoms with Crippen LogP contribution >= 0.6 is 0 Å². The molecule has 0 aliphatic carbocycles. The Morgan fingerprint density at radius 3 is 2.42 bits per heavy atom. The molecule has 1 heterocycles. The Balaban J connectivity index is 1.50. The first kappa shape index (κ1) is 17.8. The normalized spacial score (nSPS) is 14.0. The monoisotopic (exact) mass is 353 g/mol. The van der Waals surface area contributed by atoms with Gasteiger partial charge >= 0.3 is 0 Å². The third-order valence-electron chi connectivity index (χ3n) is 4.33. The predicted octanol–water partition coefficient (Wildman–Crippen LogP) is 2.58. The molecule has 0 atom stereocenters. The highest BCUT2D eigenvalue weighted by Gasteiger charge is 2.19. The molecule has 0 unspecified atom stereocenters. The molecule has 0 bridgehead atoms. The average molecular weight is 353 g/mol. The van der Waals surface area contributed by atoms with Gasteiger partial charge in [-0.1, -0.05) is 30.3 Å². The van der Waals surface area contributed by atoms with Crippen LogP contribution in [-0.2, 0) is 9.59 Å². The number of rotatable bonds is 7. The molecule has 1 saturated heterocycles. The molecule has 1 aliphatic heterocycles. The molecular formula is C20H23N3O3. The second-order valence-corrected chi connectivity index (χ2v) is 6.11. The topological polar surface area (TPSA) is 61.9 Å². The Bertz CT molecular complexity index is 728. The SMILES string of the molecule is O=CN1CCN(C(=O)CCNc2ccccc2Oc2ccccc2)CC1. The van der Waals surface area contributed by atoms with Gasteiger partial charge in [0, 0.05) is 39.1 Å². The van der Waals surface area contributed by atoms with Crippen molar-refractivity contribution in [1.29, 1.82) is 0 Å². The zero-order valence-electron chi connectivity index (χ0n) is 14.6. The minimum Gasteiger partial charge on any atom is -0.455 e. The summed E-state index contributed by atoms with van der Waals surface area (Å²) in [5.41, 5.74) is 0.856. The molecule has 3 rings (SSSR count). The van der Waals surface area contributed by atoms with Crippen molar-refractivity contribution in [3.63, 3.8) is 0 Å². The standard InChI is InChI=1S/C20H23N3O3/c24-16-22-12-14-23(15-13-22)20(25)10-11-21-18-8-4-5-9-19(18)26-17-6-2-1-3-7-17/h1-9,16,21H,10-15H2. The lowest BCUT2D eigenvalue weighted by molar-refractivity contribution is -0.134. The smallest absolute Gasteiger partial charge is 0.224 e. The second kappa shape index (κ2) is 8.89. The van der Waals surface area contributed by atoms with E-state index in [-0.39, 0.29) is 5.91 Å². The van der Waals surface area contributed by atoms with Gasteiger partial charge < -0.3 is 19.9 Å². The summed E-state index contributed by atoms with van der Waals surface area (Å²) in [5, 5.41) is 3.28. The summed E-state index contributed by atoms with van der Waals surface area (Å²) < 4.78 is 5.91. The lowest BCUT2D eigenvalue weighted by Gasteiger charge is -2.32. The number of hydrogen-bond donors (Lipinski definition) is 1. The molecule has 0 aromatic heterocycles. The first-order valence-corrected chi connectivity index (χ1v) is 8.79. The van der Waals surface area contributed by atoms with E-state index >= 15 is 0 Å². The van der Waals surface area contributed by atoms with Crippen molar-refractivity contribution >= 4 is 18.0 Å². The number of piperazine rings is 1. The maximum Gasteiger partial charge on any atom is 0.224 e. The van der Waals surface area contributed by atoms with Gasteiger partial charge in [0.25, 0.3) is 0 Å². The molecule has 0 spiro atoms. The van der Waals surface area contributed by atoms with Crippen LogP contribution in [-0.4, -0.2) is 54.8 Å². The summed E-state index contributed by atoms with van der Waals surface area (Å²) >= 11 is 0. The molecular weight excluding hydrogens is 330 g/mol. The van der Waals surface area contributed by atoms with E-state index in [0.717, 1.165) is 23.6 Å². The van der Waals surface area contributed by atoms with E-state index in [1.54, 1.807) is 4.90 Å². The minimum atomic E-state index is 0.101. The number of nitrogens with one attached hydrogen (secondary N) is 1. The Kier molecular flexibility index (Phi) is 6.09. The molecule has 0 radical (unpaired) electrons. The fourth-order valence-corrected chi connectivity index (χ4v) is 2.86. The number of benzene rings is 2. The number of ether oxygens (including phenoxy) is 1. The maximum absolute atomic E-state index is 12.3. The number of amides is 2. The predicted molar refractivity (Wildman–Crippen MR) is 100 cm³/mol. The molecule has 2 amide bonds. The molecule has 1 fully saturated rings. The van der Waals surface area contributed by atoms with Crippen LogP contribution in [0.15, 0.2) is 54.6 Å². The van der Waals surface area contributed by atoms with Gasteiger partial charge in [-0.25, -0.2) is 0 Å². The highest BCUT2D eigenvalue weighted by atomic mass is 16.5. The summed E-state index contributed by atoms with van der Waals surface area (Å²) in [5.74, 6) is 1.60. The first-order valence-electron chi connectivity index (χ1n) is 8.79. The fourth-order valence-electron chi connectivity index (χ4n) is 2.86. The zero-order valence-corrected chi connectivity index (χ0v) is 14.6. The van der Waals surface area contributed by atoms with Crippen LogP contribution in [0.2, 0.25) is 0 Å². The number of anilines is 1. The molecule has 2 aromatic carbocycles. The van der Waals surface area contributed by atoms with Gasteiger partial charge in [0.15, 0.2) is 5.75 Å². The van der Waals surface area contributed by atoms with Crippen molar-refractivity contribution in [2.75, 3.05) is 38.0 Å². The molecule has 6 nitrogen and oxygen atoms in total. The fraction of sp³-hybridized carbons (Fsp3) is 0.300. The summed E-state index contributed by atoms with van der Waals surface area (Å²) in [7, 11) is 0. The second-order valence-electron chi connectivity index (χ2n) is 6.11. The van der Waals surface area contributed by atoms with Crippen LogP contribution in [0, 0.1) is 0 Å². The zero-order chi connectivity index (χ0) is 18.2. The molecule has 1 N–H and O–H groups in total. The summed E-state index contributed by atoms with van der Waals surface area (Å²) in [6.45, 7) is 2.95. The number of nitrogens with zero attached hydrogens (tertiary/aromatic N) is 2. The van der Waals surface area contributed by atoms with Crippen molar-refractivity contribution in [3.05, 3.63) is 54.6 Å². The number of para-hydroxylation sites is 3. The molecule has 0 saturated carbocycles. The van der Waals surface area contributed by atoms with Gasteiger partial charge in [0.1, 0.15) is 5.75 Å². The summed E-state index contributed by atoms with van der Waals surface area (Å²) in [4.78, 5) is 26.5.